The van der Waals surface area contributed by atoms with Crippen LogP contribution in [-0.4, -0.2) is 35.6 Å². The van der Waals surface area contributed by atoms with Gasteiger partial charge in [0.25, 0.3) is 0 Å². The molecule has 2 atom stereocenters. The lowest BCUT2D eigenvalue weighted by Gasteiger charge is -2.36. The largest absolute Gasteiger partial charge is 0.492 e. The van der Waals surface area contributed by atoms with Gasteiger partial charge >= 0.3 is 0 Å². The van der Waals surface area contributed by atoms with E-state index in [0.29, 0.717) is 11.0 Å². The molecule has 0 bridgehead atoms. The Bertz CT molecular complexity index is 446. The number of rotatable bonds is 5. The third-order valence-electron chi connectivity index (χ3n) is 4.03. The predicted molar refractivity (Wildman–Crippen MR) is 87.3 cm³/mol. The van der Waals surface area contributed by atoms with E-state index in [1.54, 1.807) is 0 Å². The van der Waals surface area contributed by atoms with Crippen LogP contribution in [0.4, 0.5) is 0 Å². The Morgan fingerprint density at radius 1 is 1.30 bits per heavy atom. The van der Waals surface area contributed by atoms with Crippen LogP contribution in [0.3, 0.4) is 0 Å². The molecule has 4 heteroatoms. The summed E-state index contributed by atoms with van der Waals surface area (Å²) >= 11 is 4.93. The van der Waals surface area contributed by atoms with Gasteiger partial charge in [-0.3, -0.25) is 4.90 Å². The third kappa shape index (κ3) is 4.18. The SMILES string of the molecule is CC1CCC(C)N(CCOc2ccc(C(N)=S)cc2)C1. The summed E-state index contributed by atoms with van der Waals surface area (Å²) in [5.41, 5.74) is 6.45. The Kier molecular flexibility index (Phi) is 5.38. The number of piperidine rings is 1. The fourth-order valence-corrected chi connectivity index (χ4v) is 2.82. The minimum absolute atomic E-state index is 0.424. The van der Waals surface area contributed by atoms with Crippen molar-refractivity contribution >= 4 is 17.2 Å². The first kappa shape index (κ1) is 15.3. The maximum absolute atomic E-state index is 5.80. The summed E-state index contributed by atoms with van der Waals surface area (Å²) < 4.78 is 5.80. The monoisotopic (exact) mass is 292 g/mol. The summed E-state index contributed by atoms with van der Waals surface area (Å²) in [7, 11) is 0. The minimum atomic E-state index is 0.424. The fourth-order valence-electron chi connectivity index (χ4n) is 2.69. The third-order valence-corrected chi connectivity index (χ3v) is 4.27. The molecule has 1 aromatic carbocycles. The highest BCUT2D eigenvalue weighted by Gasteiger charge is 2.22. The highest BCUT2D eigenvalue weighted by Crippen LogP contribution is 2.21. The van der Waals surface area contributed by atoms with Gasteiger partial charge in [0.05, 0.1) is 0 Å². The van der Waals surface area contributed by atoms with Crippen molar-refractivity contribution in [1.82, 2.24) is 4.90 Å². The molecule has 110 valence electrons. The van der Waals surface area contributed by atoms with Crippen LogP contribution in [0.25, 0.3) is 0 Å². The zero-order valence-electron chi connectivity index (χ0n) is 12.3. The Morgan fingerprint density at radius 2 is 2.00 bits per heavy atom. The zero-order chi connectivity index (χ0) is 14.5. The first-order valence-corrected chi connectivity index (χ1v) is 7.74. The summed E-state index contributed by atoms with van der Waals surface area (Å²) in [5.74, 6) is 1.68. The molecule has 0 aliphatic carbocycles. The van der Waals surface area contributed by atoms with Crippen LogP contribution in [-0.2, 0) is 0 Å². The van der Waals surface area contributed by atoms with Crippen LogP contribution in [0, 0.1) is 5.92 Å². The molecule has 20 heavy (non-hydrogen) atoms. The fraction of sp³-hybridized carbons (Fsp3) is 0.562. The second-order valence-corrected chi connectivity index (χ2v) is 6.20. The van der Waals surface area contributed by atoms with Crippen LogP contribution in [0.15, 0.2) is 24.3 Å². The lowest BCUT2D eigenvalue weighted by atomic mass is 9.95. The van der Waals surface area contributed by atoms with Crippen molar-refractivity contribution in [2.45, 2.75) is 32.7 Å². The Hall–Kier alpha value is -1.13. The van der Waals surface area contributed by atoms with Crippen molar-refractivity contribution in [2.24, 2.45) is 11.7 Å². The van der Waals surface area contributed by atoms with Crippen LogP contribution in [0.2, 0.25) is 0 Å². The van der Waals surface area contributed by atoms with Crippen molar-refractivity contribution in [1.29, 1.82) is 0 Å². The molecule has 1 aromatic rings. The standard InChI is InChI=1S/C16H24N2OS/c1-12-3-4-13(2)18(11-12)9-10-19-15-7-5-14(6-8-15)16(17)20/h5-8,12-13H,3-4,9-11H2,1-2H3,(H2,17,20). The van der Waals surface area contributed by atoms with E-state index >= 15 is 0 Å². The van der Waals surface area contributed by atoms with Gasteiger partial charge in [0.15, 0.2) is 0 Å². The van der Waals surface area contributed by atoms with E-state index in [4.69, 9.17) is 22.7 Å². The number of nitrogens with zero attached hydrogens (tertiary/aromatic N) is 1. The Labute approximate surface area is 127 Å². The number of hydrogen-bond donors (Lipinski definition) is 1. The molecule has 0 radical (unpaired) electrons. The van der Waals surface area contributed by atoms with E-state index in [-0.39, 0.29) is 0 Å². The van der Waals surface area contributed by atoms with Crippen molar-refractivity contribution in [2.75, 3.05) is 19.7 Å². The van der Waals surface area contributed by atoms with E-state index < -0.39 is 0 Å². The lowest BCUT2D eigenvalue weighted by molar-refractivity contribution is 0.105. The highest BCUT2D eigenvalue weighted by molar-refractivity contribution is 7.80. The van der Waals surface area contributed by atoms with Crippen LogP contribution in [0.5, 0.6) is 5.75 Å². The van der Waals surface area contributed by atoms with Gasteiger partial charge in [0, 0.05) is 24.7 Å². The minimum Gasteiger partial charge on any atom is -0.492 e. The molecule has 0 aromatic heterocycles. The summed E-state index contributed by atoms with van der Waals surface area (Å²) in [6.07, 6.45) is 2.64. The number of ether oxygens (including phenoxy) is 1. The van der Waals surface area contributed by atoms with Gasteiger partial charge in [-0.05, 0) is 49.9 Å². The number of thiocarbonyl (C=S) groups is 1. The van der Waals surface area contributed by atoms with Crippen LogP contribution < -0.4 is 10.5 Å². The molecular formula is C16H24N2OS. The van der Waals surface area contributed by atoms with E-state index in [2.05, 4.69) is 18.7 Å². The second kappa shape index (κ2) is 7.04. The van der Waals surface area contributed by atoms with E-state index in [0.717, 1.165) is 30.4 Å². The number of hydrogen-bond acceptors (Lipinski definition) is 3. The smallest absolute Gasteiger partial charge is 0.119 e. The van der Waals surface area contributed by atoms with Gasteiger partial charge in [0.2, 0.25) is 0 Å². The molecule has 1 aliphatic rings. The van der Waals surface area contributed by atoms with E-state index in [1.807, 2.05) is 24.3 Å². The van der Waals surface area contributed by atoms with Gasteiger partial charge in [-0.15, -0.1) is 0 Å². The van der Waals surface area contributed by atoms with Gasteiger partial charge in [-0.25, -0.2) is 0 Å². The number of nitrogens with two attached hydrogens (primary N) is 1. The van der Waals surface area contributed by atoms with Crippen LogP contribution >= 0.6 is 12.2 Å². The molecule has 1 fully saturated rings. The number of benzene rings is 1. The average molecular weight is 292 g/mol. The van der Waals surface area contributed by atoms with Crippen molar-refractivity contribution in [3.05, 3.63) is 29.8 Å². The van der Waals surface area contributed by atoms with Crippen LogP contribution in [0.1, 0.15) is 32.3 Å². The van der Waals surface area contributed by atoms with Gasteiger partial charge in [0.1, 0.15) is 17.3 Å². The first-order valence-electron chi connectivity index (χ1n) is 7.33. The molecule has 2 unspecified atom stereocenters. The van der Waals surface area contributed by atoms with Crippen molar-refractivity contribution < 1.29 is 4.74 Å². The molecule has 3 nitrogen and oxygen atoms in total. The molecule has 1 aliphatic heterocycles. The summed E-state index contributed by atoms with van der Waals surface area (Å²) in [4.78, 5) is 2.95. The molecule has 0 saturated carbocycles. The molecule has 1 saturated heterocycles. The zero-order valence-corrected chi connectivity index (χ0v) is 13.2. The first-order chi connectivity index (χ1) is 9.56. The second-order valence-electron chi connectivity index (χ2n) is 5.76. The summed E-state index contributed by atoms with van der Waals surface area (Å²) in [5, 5.41) is 0. The summed E-state index contributed by atoms with van der Waals surface area (Å²) in [6.45, 7) is 7.54. The van der Waals surface area contributed by atoms with E-state index in [9.17, 15) is 0 Å². The Balaban J connectivity index is 1.79. The van der Waals surface area contributed by atoms with E-state index in [1.165, 1.54) is 19.4 Å². The molecule has 2 N–H and O–H groups in total. The van der Waals surface area contributed by atoms with Crippen molar-refractivity contribution in [3.63, 3.8) is 0 Å². The molecule has 0 amide bonds. The van der Waals surface area contributed by atoms with Crippen molar-refractivity contribution in [3.8, 4) is 5.75 Å². The molecular weight excluding hydrogens is 268 g/mol. The molecule has 0 spiro atoms. The topological polar surface area (TPSA) is 38.5 Å². The van der Waals surface area contributed by atoms with Gasteiger partial charge < -0.3 is 10.5 Å². The predicted octanol–water partition coefficient (Wildman–Crippen LogP) is 2.82. The maximum atomic E-state index is 5.80. The maximum Gasteiger partial charge on any atom is 0.119 e. The van der Waals surface area contributed by atoms with Gasteiger partial charge in [-0.1, -0.05) is 19.1 Å². The number of likely N-dealkylation sites (tertiary alicyclic amines) is 1. The summed E-state index contributed by atoms with van der Waals surface area (Å²) in [6, 6.07) is 8.34. The molecule has 1 heterocycles. The lowest BCUT2D eigenvalue weighted by Crippen LogP contribution is -2.43. The highest BCUT2D eigenvalue weighted by atomic mass is 32.1. The Morgan fingerprint density at radius 3 is 2.65 bits per heavy atom. The normalized spacial score (nSPS) is 23.5. The average Bonchev–Trinajstić information content (AvgIpc) is 2.43. The van der Waals surface area contributed by atoms with Gasteiger partial charge in [-0.2, -0.15) is 0 Å². The quantitative estimate of drug-likeness (QED) is 0.847. The molecule has 2 rings (SSSR count).